The Hall–Kier alpha value is -1.46. The second kappa shape index (κ2) is 8.03. The number of aliphatic hydroxyl groups excluding tert-OH is 2. The monoisotopic (exact) mass is 512 g/mol. The minimum Gasteiger partial charge on any atom is -0.469 e. The quantitative estimate of drug-likeness (QED) is 0.370. The average Bonchev–Trinajstić information content (AvgIpc) is 2.83. The summed E-state index contributed by atoms with van der Waals surface area (Å²) in [5.74, 6) is -0.126. The van der Waals surface area contributed by atoms with Crippen LogP contribution in [0.2, 0.25) is 0 Å². The minimum absolute atomic E-state index is 0.0328. The van der Waals surface area contributed by atoms with Crippen molar-refractivity contribution >= 4 is 11.8 Å². The van der Waals surface area contributed by atoms with Gasteiger partial charge in [0.15, 0.2) is 5.78 Å². The summed E-state index contributed by atoms with van der Waals surface area (Å²) in [7, 11) is 1.49. The van der Waals surface area contributed by atoms with Gasteiger partial charge in [0, 0.05) is 11.3 Å². The summed E-state index contributed by atoms with van der Waals surface area (Å²) < 4.78 is 5.42. The molecule has 0 aromatic carbocycles. The first-order valence-electron chi connectivity index (χ1n) is 14.4. The van der Waals surface area contributed by atoms with Crippen LogP contribution in [0.15, 0.2) is 23.8 Å². The van der Waals surface area contributed by atoms with Crippen molar-refractivity contribution in [2.24, 2.45) is 50.2 Å². The summed E-state index contributed by atoms with van der Waals surface area (Å²) in [6, 6.07) is 0. The van der Waals surface area contributed by atoms with Gasteiger partial charge in [0.1, 0.15) is 0 Å². The van der Waals surface area contributed by atoms with Gasteiger partial charge < -0.3 is 14.9 Å². The molecule has 5 heteroatoms. The van der Waals surface area contributed by atoms with E-state index in [0.717, 1.165) is 56.1 Å². The van der Waals surface area contributed by atoms with Gasteiger partial charge in [-0.3, -0.25) is 9.59 Å². The zero-order valence-electron chi connectivity index (χ0n) is 24.1. The molecular formula is C32H48O5. The van der Waals surface area contributed by atoms with Crippen LogP contribution in [0.5, 0.6) is 0 Å². The molecule has 206 valence electrons. The molecule has 2 N–H and O–H groups in total. The molecule has 4 fully saturated rings. The molecule has 0 heterocycles. The minimum atomic E-state index is -0.709. The molecule has 5 nitrogen and oxygen atoms in total. The Morgan fingerprint density at radius 2 is 1.70 bits per heavy atom. The summed E-state index contributed by atoms with van der Waals surface area (Å²) in [4.78, 5) is 27.8. The van der Waals surface area contributed by atoms with Crippen molar-refractivity contribution in [3.63, 3.8) is 0 Å². The van der Waals surface area contributed by atoms with Gasteiger partial charge in [-0.05, 0) is 96.5 Å². The average molecular weight is 513 g/mol. The lowest BCUT2D eigenvalue weighted by Crippen LogP contribution is -2.66. The van der Waals surface area contributed by atoms with Crippen molar-refractivity contribution in [1.82, 2.24) is 0 Å². The Morgan fingerprint density at radius 3 is 2.32 bits per heavy atom. The number of fused-ring (bicyclic) bond motifs is 7. The summed E-state index contributed by atoms with van der Waals surface area (Å²) in [6.07, 6.45) is 7.79. The molecule has 0 spiro atoms. The first-order chi connectivity index (χ1) is 17.1. The van der Waals surface area contributed by atoms with Crippen LogP contribution in [0.3, 0.4) is 0 Å². The topological polar surface area (TPSA) is 83.8 Å². The zero-order chi connectivity index (χ0) is 27.4. The zero-order valence-corrected chi connectivity index (χ0v) is 24.1. The molecule has 0 amide bonds. The van der Waals surface area contributed by atoms with E-state index in [1.54, 1.807) is 0 Å². The first-order valence-corrected chi connectivity index (χ1v) is 14.4. The molecule has 0 radical (unpaired) electrons. The highest BCUT2D eigenvalue weighted by Gasteiger charge is 2.71. The van der Waals surface area contributed by atoms with E-state index >= 15 is 0 Å². The van der Waals surface area contributed by atoms with Gasteiger partial charge >= 0.3 is 5.97 Å². The predicted octanol–water partition coefficient (Wildman–Crippen LogP) is 5.64. The van der Waals surface area contributed by atoms with E-state index in [9.17, 15) is 19.8 Å². The smallest absolute Gasteiger partial charge is 0.312 e. The van der Waals surface area contributed by atoms with Crippen molar-refractivity contribution in [2.75, 3.05) is 13.7 Å². The number of esters is 1. The molecule has 5 rings (SSSR count). The van der Waals surface area contributed by atoms with E-state index in [4.69, 9.17) is 4.74 Å². The van der Waals surface area contributed by atoms with Crippen molar-refractivity contribution in [2.45, 2.75) is 99.0 Å². The second-order valence-corrected chi connectivity index (χ2v) is 15.1. The second-order valence-electron chi connectivity index (χ2n) is 15.1. The van der Waals surface area contributed by atoms with Gasteiger partial charge in [-0.15, -0.1) is 0 Å². The van der Waals surface area contributed by atoms with Crippen molar-refractivity contribution in [3.05, 3.63) is 23.8 Å². The number of hydrogen-bond donors (Lipinski definition) is 2. The van der Waals surface area contributed by atoms with Gasteiger partial charge in [-0.1, -0.05) is 53.7 Å². The number of allylic oxidation sites excluding steroid dienone is 2. The number of carbonyl (C=O) groups excluding carboxylic acids is 2. The fourth-order valence-corrected chi connectivity index (χ4v) is 10.6. The third kappa shape index (κ3) is 3.22. The van der Waals surface area contributed by atoms with Crippen LogP contribution in [0.25, 0.3) is 0 Å². The summed E-state index contributed by atoms with van der Waals surface area (Å²) >= 11 is 0. The maximum Gasteiger partial charge on any atom is 0.312 e. The normalized spacial score (nSPS) is 50.7. The van der Waals surface area contributed by atoms with Crippen molar-refractivity contribution in [1.29, 1.82) is 0 Å². The van der Waals surface area contributed by atoms with Crippen LogP contribution in [-0.4, -0.2) is 41.8 Å². The molecule has 37 heavy (non-hydrogen) atoms. The van der Waals surface area contributed by atoms with Crippen LogP contribution < -0.4 is 0 Å². The number of carbonyl (C=O) groups is 2. The third-order valence-corrected chi connectivity index (χ3v) is 13.1. The molecule has 0 aromatic heterocycles. The number of ether oxygens (including phenoxy) is 1. The van der Waals surface area contributed by atoms with E-state index < -0.39 is 22.3 Å². The lowest BCUT2D eigenvalue weighted by Gasteiger charge is -2.70. The SMILES string of the molecule is C=C1[C@H](O)CC2(C)C3=CC(=O)C4C5CC(C)(C)CCC5(C(=O)OC)CC[C@@]4(C)C3(C)CCC2[C@@]1(C)CO. The highest BCUT2D eigenvalue weighted by atomic mass is 16.5. The largest absolute Gasteiger partial charge is 0.469 e. The Labute approximate surface area is 223 Å². The van der Waals surface area contributed by atoms with Crippen LogP contribution >= 0.6 is 0 Å². The number of methoxy groups -OCH3 is 1. The van der Waals surface area contributed by atoms with Crippen LogP contribution in [-0.2, 0) is 14.3 Å². The Bertz CT molecular complexity index is 1070. The highest BCUT2D eigenvalue weighted by molar-refractivity contribution is 5.96. The molecular weight excluding hydrogens is 464 g/mol. The van der Waals surface area contributed by atoms with Crippen molar-refractivity contribution < 1.29 is 24.5 Å². The van der Waals surface area contributed by atoms with E-state index in [-0.39, 0.29) is 52.4 Å². The molecule has 5 aliphatic carbocycles. The van der Waals surface area contributed by atoms with E-state index in [0.29, 0.717) is 6.42 Å². The van der Waals surface area contributed by atoms with Gasteiger partial charge in [0.2, 0.25) is 0 Å². The summed E-state index contributed by atoms with van der Waals surface area (Å²) in [6.45, 7) is 17.6. The molecule has 6 unspecified atom stereocenters. The van der Waals surface area contributed by atoms with E-state index in [1.165, 1.54) is 7.11 Å². The van der Waals surface area contributed by atoms with Crippen LogP contribution in [0, 0.1) is 50.2 Å². The van der Waals surface area contributed by atoms with Gasteiger partial charge in [0.25, 0.3) is 0 Å². The van der Waals surface area contributed by atoms with Crippen molar-refractivity contribution in [3.8, 4) is 0 Å². The van der Waals surface area contributed by atoms with Gasteiger partial charge in [0.05, 0.1) is 25.2 Å². The molecule has 9 atom stereocenters. The molecule has 0 saturated heterocycles. The van der Waals surface area contributed by atoms with E-state index in [1.807, 2.05) is 13.0 Å². The molecule has 5 aliphatic rings. The molecule has 0 bridgehead atoms. The first kappa shape index (κ1) is 27.1. The standard InChI is InChI=1S/C32H48O5/c1-19-22(35)17-28(4)23(29(19,5)18-33)9-10-30(6)24(28)15-21(34)25-20-16-27(2,3)11-13-32(20,26(36)37-8)14-12-31(25,30)7/h15,20,22-23,25,33,35H,1,9-14,16-18H2,2-8H3/t20?,22-,23?,25?,28?,29+,30?,31-,32?/m1/s1. The molecule has 4 saturated carbocycles. The number of aliphatic hydroxyl groups is 2. The number of rotatable bonds is 2. The highest BCUT2D eigenvalue weighted by Crippen LogP contribution is 2.75. The Balaban J connectivity index is 1.67. The number of ketones is 1. The van der Waals surface area contributed by atoms with Gasteiger partial charge in [-0.2, -0.15) is 0 Å². The summed E-state index contributed by atoms with van der Waals surface area (Å²) in [5, 5.41) is 21.7. The van der Waals surface area contributed by atoms with E-state index in [2.05, 4.69) is 41.2 Å². The maximum atomic E-state index is 14.4. The fourth-order valence-electron chi connectivity index (χ4n) is 10.6. The lowest BCUT2D eigenvalue weighted by atomic mass is 9.33. The molecule has 0 aliphatic heterocycles. The Kier molecular flexibility index (Phi) is 5.89. The predicted molar refractivity (Wildman–Crippen MR) is 143 cm³/mol. The fraction of sp³-hybridized carbons (Fsp3) is 0.812. The Morgan fingerprint density at radius 1 is 1.05 bits per heavy atom. The lowest BCUT2D eigenvalue weighted by molar-refractivity contribution is -0.193. The molecule has 0 aromatic rings. The van der Waals surface area contributed by atoms with Gasteiger partial charge in [-0.25, -0.2) is 0 Å². The number of hydrogen-bond acceptors (Lipinski definition) is 5. The van der Waals surface area contributed by atoms with Crippen LogP contribution in [0.4, 0.5) is 0 Å². The summed E-state index contributed by atoms with van der Waals surface area (Å²) in [5.41, 5.74) is -0.132. The van der Waals surface area contributed by atoms with Crippen LogP contribution in [0.1, 0.15) is 92.9 Å². The third-order valence-electron chi connectivity index (χ3n) is 13.1. The maximum absolute atomic E-state index is 14.4.